The van der Waals surface area contributed by atoms with Gasteiger partial charge in [-0.2, -0.15) is 0 Å². The molecular formula is C25H16N2S. The molecule has 0 N–H and O–H groups in total. The Labute approximate surface area is 166 Å². The molecule has 0 aliphatic carbocycles. The summed E-state index contributed by atoms with van der Waals surface area (Å²) in [5.74, 6) is 0.802. The summed E-state index contributed by atoms with van der Waals surface area (Å²) in [6.07, 6.45) is 0. The van der Waals surface area contributed by atoms with Crippen molar-refractivity contribution in [2.75, 3.05) is 0 Å². The van der Waals surface area contributed by atoms with Crippen LogP contribution in [0.25, 0.3) is 53.1 Å². The summed E-state index contributed by atoms with van der Waals surface area (Å²) in [5.41, 5.74) is 3.21. The lowest BCUT2D eigenvalue weighted by molar-refractivity contribution is 1.10. The monoisotopic (exact) mass is 376 g/mol. The number of fused-ring (bicyclic) bond motifs is 6. The average molecular weight is 376 g/mol. The first-order chi connectivity index (χ1) is 13.8. The number of hydrogen-bond acceptors (Lipinski definition) is 3. The molecule has 6 aromatic rings. The van der Waals surface area contributed by atoms with Crippen LogP contribution in [0.5, 0.6) is 0 Å². The van der Waals surface area contributed by atoms with E-state index in [0.717, 1.165) is 22.4 Å². The first kappa shape index (κ1) is 15.7. The molecule has 28 heavy (non-hydrogen) atoms. The van der Waals surface area contributed by atoms with E-state index in [1.165, 1.54) is 36.5 Å². The van der Waals surface area contributed by atoms with Gasteiger partial charge in [-0.3, -0.25) is 0 Å². The van der Waals surface area contributed by atoms with Crippen LogP contribution >= 0.6 is 11.3 Å². The number of aromatic nitrogens is 2. The number of hydrogen-bond donors (Lipinski definition) is 0. The molecule has 2 aromatic heterocycles. The zero-order chi connectivity index (χ0) is 18.7. The second kappa shape index (κ2) is 5.85. The molecule has 6 rings (SSSR count). The van der Waals surface area contributed by atoms with Crippen LogP contribution in [0.2, 0.25) is 0 Å². The molecule has 0 bridgehead atoms. The topological polar surface area (TPSA) is 25.8 Å². The summed E-state index contributed by atoms with van der Waals surface area (Å²) < 4.78 is 2.60. The van der Waals surface area contributed by atoms with Crippen molar-refractivity contribution in [1.82, 2.24) is 9.97 Å². The normalized spacial score (nSPS) is 11.8. The third kappa shape index (κ3) is 2.20. The lowest BCUT2D eigenvalue weighted by Gasteiger charge is -2.11. The van der Waals surface area contributed by atoms with E-state index in [1.54, 1.807) is 0 Å². The largest absolute Gasteiger partial charge is 0.233 e. The van der Waals surface area contributed by atoms with Crippen molar-refractivity contribution in [2.24, 2.45) is 0 Å². The summed E-state index contributed by atoms with van der Waals surface area (Å²) >= 11 is 1.84. The maximum atomic E-state index is 4.94. The van der Waals surface area contributed by atoms with E-state index in [0.29, 0.717) is 0 Å². The van der Waals surface area contributed by atoms with Crippen LogP contribution in [0.15, 0.2) is 78.9 Å². The lowest BCUT2D eigenvalue weighted by Crippen LogP contribution is -1.95. The van der Waals surface area contributed by atoms with Crippen LogP contribution in [0.3, 0.4) is 0 Å². The average Bonchev–Trinajstić information content (AvgIpc) is 3.11. The van der Waals surface area contributed by atoms with Crippen molar-refractivity contribution in [1.29, 1.82) is 0 Å². The highest BCUT2D eigenvalue weighted by Crippen LogP contribution is 2.41. The standard InChI is InChI=1S/C25H16N2S/c1-15-26-21-14-13-16-7-2-3-8-17(16)23(21)24(27-15)20-11-6-10-19-18-9-4-5-12-22(18)28-25(19)20/h2-14H,1H3. The Bertz CT molecular complexity index is 1530. The predicted molar refractivity (Wildman–Crippen MR) is 120 cm³/mol. The first-order valence-corrected chi connectivity index (χ1v) is 10.2. The molecule has 0 fully saturated rings. The predicted octanol–water partition coefficient (Wildman–Crippen LogP) is 7.13. The van der Waals surface area contributed by atoms with Gasteiger partial charge >= 0.3 is 0 Å². The summed E-state index contributed by atoms with van der Waals surface area (Å²) in [6.45, 7) is 1.98. The Balaban J connectivity index is 1.82. The van der Waals surface area contributed by atoms with Gasteiger partial charge in [-0.15, -0.1) is 11.3 Å². The summed E-state index contributed by atoms with van der Waals surface area (Å²) in [6, 6.07) is 27.9. The maximum Gasteiger partial charge on any atom is 0.126 e. The number of rotatable bonds is 1. The molecule has 0 atom stereocenters. The second-order valence-corrected chi connectivity index (χ2v) is 8.13. The van der Waals surface area contributed by atoms with Gasteiger partial charge in [-0.1, -0.05) is 66.7 Å². The highest BCUT2D eigenvalue weighted by molar-refractivity contribution is 7.26. The first-order valence-electron chi connectivity index (χ1n) is 9.36. The van der Waals surface area contributed by atoms with E-state index in [1.807, 2.05) is 18.3 Å². The van der Waals surface area contributed by atoms with Gasteiger partial charge in [0.05, 0.1) is 11.2 Å². The van der Waals surface area contributed by atoms with Crippen LogP contribution < -0.4 is 0 Å². The minimum Gasteiger partial charge on any atom is -0.233 e. The van der Waals surface area contributed by atoms with E-state index in [-0.39, 0.29) is 0 Å². The number of nitrogens with zero attached hydrogens (tertiary/aromatic N) is 2. The molecule has 0 aliphatic rings. The summed E-state index contributed by atoms with van der Waals surface area (Å²) in [5, 5.41) is 6.15. The van der Waals surface area contributed by atoms with E-state index in [4.69, 9.17) is 9.97 Å². The van der Waals surface area contributed by atoms with Crippen LogP contribution in [0, 0.1) is 6.92 Å². The van der Waals surface area contributed by atoms with Crippen LogP contribution in [0.1, 0.15) is 5.82 Å². The summed E-state index contributed by atoms with van der Waals surface area (Å²) in [7, 11) is 0. The highest BCUT2D eigenvalue weighted by Gasteiger charge is 2.16. The van der Waals surface area contributed by atoms with Gasteiger partial charge < -0.3 is 0 Å². The van der Waals surface area contributed by atoms with Gasteiger partial charge in [0.2, 0.25) is 0 Å². The number of thiophene rings is 1. The Hall–Kier alpha value is -3.30. The molecular weight excluding hydrogens is 360 g/mol. The summed E-state index contributed by atoms with van der Waals surface area (Å²) in [4.78, 5) is 9.66. The van der Waals surface area contributed by atoms with E-state index >= 15 is 0 Å². The van der Waals surface area contributed by atoms with Gasteiger partial charge in [-0.25, -0.2) is 9.97 Å². The van der Waals surface area contributed by atoms with E-state index < -0.39 is 0 Å². The van der Waals surface area contributed by atoms with Crippen molar-refractivity contribution < 1.29 is 0 Å². The fourth-order valence-corrected chi connectivity index (χ4v) is 5.36. The zero-order valence-electron chi connectivity index (χ0n) is 15.3. The Morgan fingerprint density at radius 1 is 0.679 bits per heavy atom. The SMILES string of the molecule is Cc1nc(-c2cccc3c2sc2ccccc23)c2c(ccc3ccccc32)n1. The van der Waals surface area contributed by atoms with Crippen LogP contribution in [0.4, 0.5) is 0 Å². The van der Waals surface area contributed by atoms with Gasteiger partial charge in [-0.05, 0) is 29.8 Å². The third-order valence-electron chi connectivity index (χ3n) is 5.36. The maximum absolute atomic E-state index is 4.94. The third-order valence-corrected chi connectivity index (χ3v) is 6.58. The highest BCUT2D eigenvalue weighted by atomic mass is 32.1. The molecule has 0 unspecified atom stereocenters. The fraction of sp³-hybridized carbons (Fsp3) is 0.0400. The van der Waals surface area contributed by atoms with Crippen molar-refractivity contribution in [2.45, 2.75) is 6.92 Å². The second-order valence-electron chi connectivity index (χ2n) is 7.08. The Morgan fingerprint density at radius 3 is 2.39 bits per heavy atom. The van der Waals surface area contributed by atoms with Gasteiger partial charge in [0.25, 0.3) is 0 Å². The fourth-order valence-electron chi connectivity index (χ4n) is 4.15. The molecule has 4 aromatic carbocycles. The molecule has 0 radical (unpaired) electrons. The number of aryl methyl sites for hydroxylation is 1. The molecule has 132 valence electrons. The molecule has 0 amide bonds. The van der Waals surface area contributed by atoms with Gasteiger partial charge in [0.15, 0.2) is 0 Å². The van der Waals surface area contributed by atoms with Crippen molar-refractivity contribution in [3.63, 3.8) is 0 Å². The molecule has 0 saturated heterocycles. The van der Waals surface area contributed by atoms with E-state index in [2.05, 4.69) is 78.9 Å². The van der Waals surface area contributed by atoms with Crippen molar-refractivity contribution >= 4 is 53.2 Å². The van der Waals surface area contributed by atoms with Crippen LogP contribution in [-0.2, 0) is 0 Å². The molecule has 3 heteroatoms. The molecule has 2 heterocycles. The van der Waals surface area contributed by atoms with Gasteiger partial charge in [0.1, 0.15) is 5.82 Å². The Morgan fingerprint density at radius 2 is 1.46 bits per heavy atom. The van der Waals surface area contributed by atoms with Gasteiger partial charge in [0, 0.05) is 31.1 Å². The molecule has 0 spiro atoms. The molecule has 0 saturated carbocycles. The molecule has 2 nitrogen and oxygen atoms in total. The smallest absolute Gasteiger partial charge is 0.126 e. The molecule has 0 aliphatic heterocycles. The lowest BCUT2D eigenvalue weighted by atomic mass is 9.99. The number of benzene rings is 4. The van der Waals surface area contributed by atoms with E-state index in [9.17, 15) is 0 Å². The van der Waals surface area contributed by atoms with Crippen molar-refractivity contribution in [3.05, 3.63) is 84.7 Å². The minimum absolute atomic E-state index is 0.802. The minimum atomic E-state index is 0.802. The zero-order valence-corrected chi connectivity index (χ0v) is 16.1. The Kier molecular flexibility index (Phi) is 3.28. The van der Waals surface area contributed by atoms with Crippen molar-refractivity contribution in [3.8, 4) is 11.3 Å². The quantitative estimate of drug-likeness (QED) is 0.285. The van der Waals surface area contributed by atoms with Crippen LogP contribution in [-0.4, -0.2) is 9.97 Å².